The zero-order chi connectivity index (χ0) is 14.0. The summed E-state index contributed by atoms with van der Waals surface area (Å²) >= 11 is 0. The van der Waals surface area contributed by atoms with Crippen LogP contribution in [-0.2, 0) is 14.3 Å². The van der Waals surface area contributed by atoms with E-state index in [1.165, 1.54) is 0 Å². The van der Waals surface area contributed by atoms with E-state index in [1.807, 2.05) is 13.8 Å². The minimum Gasteiger partial charge on any atom is -0.480 e. The molecule has 0 fully saturated rings. The first-order chi connectivity index (χ1) is 8.47. The van der Waals surface area contributed by atoms with Gasteiger partial charge in [-0.3, -0.25) is 4.79 Å². The van der Waals surface area contributed by atoms with Gasteiger partial charge in [-0.2, -0.15) is 0 Å². The van der Waals surface area contributed by atoms with Crippen LogP contribution in [0.3, 0.4) is 0 Å². The number of carbonyl (C=O) groups is 2. The molecule has 0 unspecified atom stereocenters. The molecule has 5 nitrogen and oxygen atoms in total. The van der Waals surface area contributed by atoms with Gasteiger partial charge in [-0.1, -0.05) is 19.9 Å². The summed E-state index contributed by atoms with van der Waals surface area (Å²) in [6.07, 6.45) is 2.93. The van der Waals surface area contributed by atoms with E-state index in [0.29, 0.717) is 26.1 Å². The van der Waals surface area contributed by atoms with Crippen molar-refractivity contribution in [2.45, 2.75) is 39.2 Å². The van der Waals surface area contributed by atoms with Crippen LogP contribution in [0.25, 0.3) is 0 Å². The molecule has 0 aliphatic carbocycles. The highest BCUT2D eigenvalue weighted by molar-refractivity contribution is 5.83. The van der Waals surface area contributed by atoms with Crippen molar-refractivity contribution in [3.8, 4) is 0 Å². The molecule has 0 radical (unpaired) electrons. The SMILES string of the molecule is C=CCOCCCC(=O)N[C@H](CC(C)C)C(=O)O. The summed E-state index contributed by atoms with van der Waals surface area (Å²) in [5.41, 5.74) is 0. The molecule has 1 atom stereocenters. The Hall–Kier alpha value is -1.36. The Labute approximate surface area is 108 Å². The molecule has 0 rings (SSSR count). The Morgan fingerprint density at radius 1 is 1.44 bits per heavy atom. The Morgan fingerprint density at radius 2 is 2.11 bits per heavy atom. The Kier molecular flexibility index (Phi) is 8.92. The number of hydrogen-bond donors (Lipinski definition) is 2. The molecule has 0 spiro atoms. The van der Waals surface area contributed by atoms with Crippen LogP contribution >= 0.6 is 0 Å². The Balaban J connectivity index is 3.88. The van der Waals surface area contributed by atoms with Crippen molar-refractivity contribution in [3.63, 3.8) is 0 Å². The summed E-state index contributed by atoms with van der Waals surface area (Å²) in [5.74, 6) is -1.01. The molecule has 104 valence electrons. The molecule has 0 aromatic rings. The fourth-order valence-corrected chi connectivity index (χ4v) is 1.46. The predicted octanol–water partition coefficient (Wildman–Crippen LogP) is 1.58. The topological polar surface area (TPSA) is 75.6 Å². The van der Waals surface area contributed by atoms with E-state index >= 15 is 0 Å². The number of carboxylic acid groups (broad SMARTS) is 1. The van der Waals surface area contributed by atoms with E-state index in [1.54, 1.807) is 6.08 Å². The van der Waals surface area contributed by atoms with E-state index < -0.39 is 12.0 Å². The predicted molar refractivity (Wildman–Crippen MR) is 69.3 cm³/mol. The number of ether oxygens (including phenoxy) is 1. The van der Waals surface area contributed by atoms with Gasteiger partial charge < -0.3 is 15.2 Å². The molecule has 5 heteroatoms. The molecule has 0 bridgehead atoms. The van der Waals surface area contributed by atoms with E-state index in [2.05, 4.69) is 11.9 Å². The van der Waals surface area contributed by atoms with Crippen molar-refractivity contribution < 1.29 is 19.4 Å². The normalized spacial score (nSPS) is 12.2. The molecule has 0 aliphatic heterocycles. The molecule has 0 saturated carbocycles. The van der Waals surface area contributed by atoms with Crippen LogP contribution in [0, 0.1) is 5.92 Å². The van der Waals surface area contributed by atoms with Gasteiger partial charge in [0.05, 0.1) is 6.61 Å². The number of hydrogen-bond acceptors (Lipinski definition) is 3. The lowest BCUT2D eigenvalue weighted by Crippen LogP contribution is -2.41. The average molecular weight is 257 g/mol. The first-order valence-corrected chi connectivity index (χ1v) is 6.18. The van der Waals surface area contributed by atoms with Gasteiger partial charge in [0.1, 0.15) is 6.04 Å². The van der Waals surface area contributed by atoms with Gasteiger partial charge in [0.15, 0.2) is 0 Å². The Bertz CT molecular complexity index is 276. The summed E-state index contributed by atoms with van der Waals surface area (Å²) in [4.78, 5) is 22.5. The van der Waals surface area contributed by atoms with E-state index in [9.17, 15) is 9.59 Å². The highest BCUT2D eigenvalue weighted by Crippen LogP contribution is 2.05. The fourth-order valence-electron chi connectivity index (χ4n) is 1.46. The highest BCUT2D eigenvalue weighted by atomic mass is 16.5. The third kappa shape index (κ3) is 8.75. The summed E-state index contributed by atoms with van der Waals surface area (Å²) in [6.45, 7) is 8.29. The minimum absolute atomic E-state index is 0.224. The summed E-state index contributed by atoms with van der Waals surface area (Å²) in [6, 6.07) is -0.799. The maximum Gasteiger partial charge on any atom is 0.326 e. The first-order valence-electron chi connectivity index (χ1n) is 6.18. The molecule has 18 heavy (non-hydrogen) atoms. The van der Waals surface area contributed by atoms with E-state index in [-0.39, 0.29) is 18.2 Å². The lowest BCUT2D eigenvalue weighted by Gasteiger charge is -2.16. The highest BCUT2D eigenvalue weighted by Gasteiger charge is 2.20. The van der Waals surface area contributed by atoms with Gasteiger partial charge in [0, 0.05) is 13.0 Å². The van der Waals surface area contributed by atoms with Crippen molar-refractivity contribution in [3.05, 3.63) is 12.7 Å². The summed E-state index contributed by atoms with van der Waals surface area (Å²) in [7, 11) is 0. The fraction of sp³-hybridized carbons (Fsp3) is 0.692. The van der Waals surface area contributed by atoms with Crippen LogP contribution in [0.2, 0.25) is 0 Å². The largest absolute Gasteiger partial charge is 0.480 e. The molecule has 2 N–H and O–H groups in total. The molecule has 0 heterocycles. The van der Waals surface area contributed by atoms with Crippen LogP contribution in [0.15, 0.2) is 12.7 Å². The molecule has 0 aromatic carbocycles. The van der Waals surface area contributed by atoms with Gasteiger partial charge in [-0.15, -0.1) is 6.58 Å². The third-order valence-electron chi connectivity index (χ3n) is 2.27. The number of rotatable bonds is 10. The van der Waals surface area contributed by atoms with Crippen molar-refractivity contribution in [2.75, 3.05) is 13.2 Å². The average Bonchev–Trinajstić information content (AvgIpc) is 2.27. The third-order valence-corrected chi connectivity index (χ3v) is 2.27. The molecular formula is C13H23NO4. The summed E-state index contributed by atoms with van der Waals surface area (Å²) in [5, 5.41) is 11.5. The molecular weight excluding hydrogens is 234 g/mol. The van der Waals surface area contributed by atoms with Crippen LogP contribution < -0.4 is 5.32 Å². The summed E-state index contributed by atoms with van der Waals surface area (Å²) < 4.78 is 5.14. The minimum atomic E-state index is -0.986. The molecule has 0 aliphatic rings. The molecule has 0 saturated heterocycles. The van der Waals surface area contributed by atoms with Gasteiger partial charge >= 0.3 is 5.97 Å². The van der Waals surface area contributed by atoms with Crippen LogP contribution in [0.1, 0.15) is 33.1 Å². The second kappa shape index (κ2) is 9.65. The van der Waals surface area contributed by atoms with Crippen LogP contribution in [0.4, 0.5) is 0 Å². The monoisotopic (exact) mass is 257 g/mol. The lowest BCUT2D eigenvalue weighted by molar-refractivity contribution is -0.142. The lowest BCUT2D eigenvalue weighted by atomic mass is 10.0. The number of aliphatic carboxylic acids is 1. The standard InChI is InChI=1S/C13H23NO4/c1-4-7-18-8-5-6-12(15)14-11(13(16)17)9-10(2)3/h4,10-11H,1,5-9H2,2-3H3,(H,14,15)(H,16,17)/t11-/m1/s1. The number of amides is 1. The Morgan fingerprint density at radius 3 is 2.61 bits per heavy atom. The number of carboxylic acids is 1. The molecule has 1 amide bonds. The number of carbonyl (C=O) groups excluding carboxylic acids is 1. The van der Waals surface area contributed by atoms with Crippen molar-refractivity contribution >= 4 is 11.9 Å². The van der Waals surface area contributed by atoms with Gasteiger partial charge in [0.25, 0.3) is 0 Å². The molecule has 0 aromatic heterocycles. The van der Waals surface area contributed by atoms with Crippen LogP contribution in [0.5, 0.6) is 0 Å². The first kappa shape index (κ1) is 16.6. The second-order valence-corrected chi connectivity index (χ2v) is 4.56. The quantitative estimate of drug-likeness (QED) is 0.460. The van der Waals surface area contributed by atoms with Crippen LogP contribution in [-0.4, -0.2) is 36.2 Å². The zero-order valence-corrected chi connectivity index (χ0v) is 11.1. The van der Waals surface area contributed by atoms with Crippen molar-refractivity contribution in [1.29, 1.82) is 0 Å². The maximum atomic E-state index is 11.5. The van der Waals surface area contributed by atoms with E-state index in [4.69, 9.17) is 9.84 Å². The zero-order valence-electron chi connectivity index (χ0n) is 11.1. The smallest absolute Gasteiger partial charge is 0.326 e. The van der Waals surface area contributed by atoms with E-state index in [0.717, 1.165) is 0 Å². The van der Waals surface area contributed by atoms with Gasteiger partial charge in [-0.25, -0.2) is 4.79 Å². The maximum absolute atomic E-state index is 11.5. The van der Waals surface area contributed by atoms with Crippen molar-refractivity contribution in [1.82, 2.24) is 5.32 Å². The number of nitrogens with one attached hydrogen (secondary N) is 1. The van der Waals surface area contributed by atoms with Gasteiger partial charge in [-0.05, 0) is 18.8 Å². The second-order valence-electron chi connectivity index (χ2n) is 4.56. The van der Waals surface area contributed by atoms with Crippen molar-refractivity contribution in [2.24, 2.45) is 5.92 Å². The van der Waals surface area contributed by atoms with Gasteiger partial charge in [0.2, 0.25) is 5.91 Å².